The Morgan fingerprint density at radius 2 is 2.24 bits per heavy atom. The summed E-state index contributed by atoms with van der Waals surface area (Å²) >= 11 is 0. The molecule has 6 heteroatoms. The highest BCUT2D eigenvalue weighted by molar-refractivity contribution is 5.85. The van der Waals surface area contributed by atoms with E-state index in [0.717, 1.165) is 49.4 Å². The number of nitrogens with one attached hydrogen (secondary N) is 2. The van der Waals surface area contributed by atoms with Gasteiger partial charge in [-0.25, -0.2) is 0 Å². The molecule has 1 aromatic heterocycles. The standard InChI is InChI=1S/C15H25N3O2.ClH/c1-3-13-12(14(4-2)20-18-13)10-17-15(19)6-5-11-7-8-16-9-11;/h11,16H,3-10H2,1-2H3,(H,17,19);1H. The highest BCUT2D eigenvalue weighted by atomic mass is 35.5. The Kier molecular flexibility index (Phi) is 7.75. The van der Waals surface area contributed by atoms with Gasteiger partial charge >= 0.3 is 0 Å². The zero-order chi connectivity index (χ0) is 14.4. The molecule has 1 saturated heterocycles. The molecular formula is C15H26ClN3O2. The summed E-state index contributed by atoms with van der Waals surface area (Å²) in [4.78, 5) is 11.9. The summed E-state index contributed by atoms with van der Waals surface area (Å²) < 4.78 is 5.30. The molecule has 0 radical (unpaired) electrons. The van der Waals surface area contributed by atoms with E-state index in [-0.39, 0.29) is 18.3 Å². The number of hydrogen-bond acceptors (Lipinski definition) is 4. The van der Waals surface area contributed by atoms with E-state index < -0.39 is 0 Å². The lowest BCUT2D eigenvalue weighted by molar-refractivity contribution is -0.121. The molecule has 120 valence electrons. The molecule has 1 aliphatic rings. The number of rotatable bonds is 7. The number of carbonyl (C=O) groups is 1. The van der Waals surface area contributed by atoms with Crippen LogP contribution in [0.5, 0.6) is 0 Å². The van der Waals surface area contributed by atoms with Gasteiger partial charge in [0.2, 0.25) is 5.91 Å². The number of amides is 1. The highest BCUT2D eigenvalue weighted by Gasteiger charge is 2.17. The van der Waals surface area contributed by atoms with Crippen LogP contribution in [-0.4, -0.2) is 24.2 Å². The minimum absolute atomic E-state index is 0. The summed E-state index contributed by atoms with van der Waals surface area (Å²) in [5, 5.41) is 10.4. The summed E-state index contributed by atoms with van der Waals surface area (Å²) in [7, 11) is 0. The van der Waals surface area contributed by atoms with E-state index in [4.69, 9.17) is 4.52 Å². The first-order valence-electron chi connectivity index (χ1n) is 7.68. The molecule has 5 nitrogen and oxygen atoms in total. The van der Waals surface area contributed by atoms with Crippen molar-refractivity contribution >= 4 is 18.3 Å². The smallest absolute Gasteiger partial charge is 0.220 e. The summed E-state index contributed by atoms with van der Waals surface area (Å²) in [5.74, 6) is 1.68. The SMILES string of the molecule is CCc1noc(CC)c1CNC(=O)CCC1CCNC1.Cl. The van der Waals surface area contributed by atoms with Crippen LogP contribution in [-0.2, 0) is 24.2 Å². The quantitative estimate of drug-likeness (QED) is 0.809. The third-order valence-electron chi connectivity index (χ3n) is 4.01. The third kappa shape index (κ3) is 5.00. The van der Waals surface area contributed by atoms with Gasteiger partial charge in [0, 0.05) is 24.9 Å². The van der Waals surface area contributed by atoms with E-state index >= 15 is 0 Å². The number of halogens is 1. The largest absolute Gasteiger partial charge is 0.361 e. The van der Waals surface area contributed by atoms with Gasteiger partial charge < -0.3 is 15.2 Å². The van der Waals surface area contributed by atoms with Gasteiger partial charge in [0.1, 0.15) is 5.76 Å². The van der Waals surface area contributed by atoms with Crippen molar-refractivity contribution in [1.82, 2.24) is 15.8 Å². The van der Waals surface area contributed by atoms with Crippen LogP contribution in [0, 0.1) is 5.92 Å². The maximum absolute atomic E-state index is 11.9. The minimum atomic E-state index is 0. The van der Waals surface area contributed by atoms with Gasteiger partial charge in [0.25, 0.3) is 0 Å². The molecule has 1 fully saturated rings. The van der Waals surface area contributed by atoms with Gasteiger partial charge in [-0.1, -0.05) is 19.0 Å². The molecule has 0 aromatic carbocycles. The minimum Gasteiger partial charge on any atom is -0.361 e. The Morgan fingerprint density at radius 3 is 2.86 bits per heavy atom. The van der Waals surface area contributed by atoms with Gasteiger partial charge in [0.15, 0.2) is 0 Å². The third-order valence-corrected chi connectivity index (χ3v) is 4.01. The van der Waals surface area contributed by atoms with Crippen LogP contribution in [0.25, 0.3) is 0 Å². The van der Waals surface area contributed by atoms with E-state index in [9.17, 15) is 4.79 Å². The monoisotopic (exact) mass is 315 g/mol. The highest BCUT2D eigenvalue weighted by Crippen LogP contribution is 2.16. The molecule has 1 unspecified atom stereocenters. The van der Waals surface area contributed by atoms with Crippen molar-refractivity contribution in [2.45, 2.75) is 52.5 Å². The lowest BCUT2D eigenvalue weighted by Crippen LogP contribution is -2.24. The van der Waals surface area contributed by atoms with Gasteiger partial charge in [-0.3, -0.25) is 4.79 Å². The van der Waals surface area contributed by atoms with Crippen LogP contribution in [0.1, 0.15) is 50.1 Å². The van der Waals surface area contributed by atoms with Crippen molar-refractivity contribution in [3.63, 3.8) is 0 Å². The molecular weight excluding hydrogens is 290 g/mol. The summed E-state index contributed by atoms with van der Waals surface area (Å²) in [5.41, 5.74) is 2.02. The molecule has 1 atom stereocenters. The van der Waals surface area contributed by atoms with Gasteiger partial charge in [0.05, 0.1) is 5.69 Å². The number of aryl methyl sites for hydroxylation is 2. The zero-order valence-corrected chi connectivity index (χ0v) is 13.7. The van der Waals surface area contributed by atoms with Crippen molar-refractivity contribution < 1.29 is 9.32 Å². The Labute approximate surface area is 132 Å². The van der Waals surface area contributed by atoms with E-state index in [2.05, 4.69) is 22.7 Å². The average molecular weight is 316 g/mol. The molecule has 2 heterocycles. The lowest BCUT2D eigenvalue weighted by atomic mass is 10.0. The van der Waals surface area contributed by atoms with E-state index in [0.29, 0.717) is 18.9 Å². The number of hydrogen-bond donors (Lipinski definition) is 2. The van der Waals surface area contributed by atoms with Crippen LogP contribution in [0.3, 0.4) is 0 Å². The predicted molar refractivity (Wildman–Crippen MR) is 84.6 cm³/mol. The summed E-state index contributed by atoms with van der Waals surface area (Å²) in [6.45, 7) is 6.78. The van der Waals surface area contributed by atoms with Crippen molar-refractivity contribution in [3.05, 3.63) is 17.0 Å². The van der Waals surface area contributed by atoms with Crippen molar-refractivity contribution in [1.29, 1.82) is 0 Å². The number of carbonyl (C=O) groups excluding carboxylic acids is 1. The van der Waals surface area contributed by atoms with E-state index in [1.807, 2.05) is 6.92 Å². The first-order valence-corrected chi connectivity index (χ1v) is 7.68. The first kappa shape index (κ1) is 18.0. The van der Waals surface area contributed by atoms with Gasteiger partial charge in [-0.05, 0) is 38.3 Å². The Balaban J connectivity index is 0.00000220. The van der Waals surface area contributed by atoms with Crippen LogP contribution < -0.4 is 10.6 Å². The summed E-state index contributed by atoms with van der Waals surface area (Å²) in [6.07, 6.45) is 4.43. The number of nitrogens with zero attached hydrogens (tertiary/aromatic N) is 1. The molecule has 2 rings (SSSR count). The molecule has 0 aliphatic carbocycles. The fraction of sp³-hybridized carbons (Fsp3) is 0.733. The second kappa shape index (κ2) is 9.05. The Bertz CT molecular complexity index is 421. The zero-order valence-electron chi connectivity index (χ0n) is 12.9. The fourth-order valence-electron chi connectivity index (χ4n) is 2.71. The molecule has 1 amide bonds. The summed E-state index contributed by atoms with van der Waals surface area (Å²) in [6, 6.07) is 0. The molecule has 1 aromatic rings. The second-order valence-corrected chi connectivity index (χ2v) is 5.41. The molecule has 0 saturated carbocycles. The van der Waals surface area contributed by atoms with E-state index in [1.54, 1.807) is 0 Å². The predicted octanol–water partition coefficient (Wildman–Crippen LogP) is 2.23. The molecule has 0 bridgehead atoms. The van der Waals surface area contributed by atoms with Gasteiger partial charge in [-0.2, -0.15) is 0 Å². The molecule has 1 aliphatic heterocycles. The number of aromatic nitrogens is 1. The van der Waals surface area contributed by atoms with Crippen LogP contribution in [0.15, 0.2) is 4.52 Å². The molecule has 0 spiro atoms. The Hall–Kier alpha value is -1.07. The maximum atomic E-state index is 11.9. The topological polar surface area (TPSA) is 67.2 Å². The molecule has 21 heavy (non-hydrogen) atoms. The van der Waals surface area contributed by atoms with Crippen LogP contribution in [0.2, 0.25) is 0 Å². The molecule has 2 N–H and O–H groups in total. The van der Waals surface area contributed by atoms with Crippen molar-refractivity contribution in [3.8, 4) is 0 Å². The lowest BCUT2D eigenvalue weighted by Gasteiger charge is -2.09. The average Bonchev–Trinajstić information content (AvgIpc) is 3.11. The Morgan fingerprint density at radius 1 is 1.43 bits per heavy atom. The van der Waals surface area contributed by atoms with Gasteiger partial charge in [-0.15, -0.1) is 12.4 Å². The van der Waals surface area contributed by atoms with Crippen LogP contribution >= 0.6 is 12.4 Å². The first-order chi connectivity index (χ1) is 9.74. The van der Waals surface area contributed by atoms with Crippen molar-refractivity contribution in [2.24, 2.45) is 5.92 Å². The fourth-order valence-corrected chi connectivity index (χ4v) is 2.71. The normalized spacial score (nSPS) is 17.5. The van der Waals surface area contributed by atoms with E-state index in [1.165, 1.54) is 6.42 Å². The van der Waals surface area contributed by atoms with Crippen molar-refractivity contribution in [2.75, 3.05) is 13.1 Å². The maximum Gasteiger partial charge on any atom is 0.220 e. The second-order valence-electron chi connectivity index (χ2n) is 5.41. The van der Waals surface area contributed by atoms with Crippen LogP contribution in [0.4, 0.5) is 0 Å².